The van der Waals surface area contributed by atoms with Gasteiger partial charge in [-0.3, -0.25) is 14.4 Å². The summed E-state index contributed by atoms with van der Waals surface area (Å²) in [5.41, 5.74) is -7.32. The topological polar surface area (TPSA) is 235 Å². The number of nitrogens with one attached hydrogen (secondary N) is 1. The van der Waals surface area contributed by atoms with Crippen molar-refractivity contribution in [1.29, 1.82) is 0 Å². The lowest BCUT2D eigenvalue weighted by atomic mass is 9.44. The van der Waals surface area contributed by atoms with E-state index in [0.717, 1.165) is 49.4 Å². The highest BCUT2D eigenvalue weighted by Crippen LogP contribution is 2.69. The third-order valence-electron chi connectivity index (χ3n) is 25.9. The van der Waals surface area contributed by atoms with E-state index >= 15 is 9.59 Å². The van der Waals surface area contributed by atoms with Crippen LogP contribution >= 0.6 is 0 Å². The van der Waals surface area contributed by atoms with E-state index in [4.69, 9.17) is 42.6 Å². The Morgan fingerprint density at radius 3 is 2.10 bits per heavy atom. The molecule has 19 unspecified atom stereocenters. The van der Waals surface area contributed by atoms with Crippen LogP contribution in [0.3, 0.4) is 0 Å². The quantitative estimate of drug-likeness (QED) is 0.0482. The third-order valence-corrected chi connectivity index (χ3v) is 25.9. The van der Waals surface area contributed by atoms with Crippen molar-refractivity contribution in [2.75, 3.05) is 20.8 Å². The molecule has 1 amide bonds. The van der Waals surface area contributed by atoms with Crippen molar-refractivity contribution in [1.82, 2.24) is 5.32 Å². The van der Waals surface area contributed by atoms with Gasteiger partial charge in [-0.2, -0.15) is 0 Å². The molecule has 0 spiro atoms. The molecule has 7 aliphatic carbocycles. The molecule has 2 N–H and O–H groups in total. The minimum absolute atomic E-state index is 0.0796. The first kappa shape index (κ1) is 77.4. The van der Waals surface area contributed by atoms with E-state index in [1.807, 2.05) is 27.7 Å². The summed E-state index contributed by atoms with van der Waals surface area (Å²) in [7, 11) is 2.79. The molecular weight excluding hydrogens is 1280 g/mol. The molecule has 2 aromatic rings. The van der Waals surface area contributed by atoms with Crippen LogP contribution in [0.1, 0.15) is 230 Å². The number of methoxy groups -OCH3 is 2. The fraction of sp³-hybridized carbons (Fsp3) is 0.699. The maximum Gasteiger partial charge on any atom is 0.408 e. The lowest BCUT2D eigenvalue weighted by molar-refractivity contribution is -0.347. The standard InChI is InChI=1S/C83H117NO17/c1-48(2)27-26-28-49(3)57-35-36-58-56-34-33-54-43-55(37-41-79(54,15)59(56)38-42-80(57,58)16)96-73(90)77(11,12)46-76(9,10)40-39-63(86)98-67(65(52-29-22-20-23-30-52)84-74(91)101-75(6,7)8)72(89)97-60-45-83(92)70(99-71(88)53-31-24-21-25-32-53)68-81(17,69(87)66(94-19)64(50(60)4)78(83,13)14)61(93-18)44-62-82(68,47-95-62)100-51(5)85/h20-25,29-33,39-40,48-49,55-62,65-68,70,92H,26-28,34-38,41-47H2,1-19H3,(H,84,91). The van der Waals surface area contributed by atoms with Crippen molar-refractivity contribution < 1.29 is 81.3 Å². The van der Waals surface area contributed by atoms with Crippen LogP contribution in [0, 0.1) is 73.9 Å². The number of rotatable bonds is 22. The average molecular weight is 1400 g/mol. The van der Waals surface area contributed by atoms with Crippen LogP contribution in [0.2, 0.25) is 0 Å². The Bertz CT molecular complexity index is 3510. The Morgan fingerprint density at radius 1 is 0.812 bits per heavy atom. The summed E-state index contributed by atoms with van der Waals surface area (Å²) >= 11 is 0. The number of benzene rings is 2. The largest absolute Gasteiger partial charge is 0.462 e. The molecule has 101 heavy (non-hydrogen) atoms. The summed E-state index contributed by atoms with van der Waals surface area (Å²) in [6, 6.07) is 15.0. The van der Waals surface area contributed by atoms with Crippen molar-refractivity contribution >= 4 is 41.7 Å². The summed E-state index contributed by atoms with van der Waals surface area (Å²) in [5.74, 6) is -1.68. The highest BCUT2D eigenvalue weighted by atomic mass is 16.6. The Hall–Kier alpha value is -6.21. The minimum atomic E-state index is -2.34. The maximum absolute atomic E-state index is 16.1. The van der Waals surface area contributed by atoms with Crippen molar-refractivity contribution in [2.45, 2.75) is 273 Å². The Labute approximate surface area is 600 Å². The first-order valence-electron chi connectivity index (χ1n) is 37.4. The number of fused-ring (bicyclic) bond motifs is 10. The number of Topliss-reactive ketones (excluding diaryl/α,β-unsaturated/α-hetero) is 1. The summed E-state index contributed by atoms with van der Waals surface area (Å²) < 4.78 is 56.7. The van der Waals surface area contributed by atoms with Crippen LogP contribution in [0.5, 0.6) is 0 Å². The molecule has 0 aromatic heterocycles. The summed E-state index contributed by atoms with van der Waals surface area (Å²) in [4.78, 5) is 103. The molecule has 10 rings (SSSR count). The Kier molecular flexibility index (Phi) is 22.2. The zero-order valence-corrected chi connectivity index (χ0v) is 63.8. The van der Waals surface area contributed by atoms with Crippen LogP contribution in [-0.4, -0.2) is 127 Å². The third kappa shape index (κ3) is 14.7. The van der Waals surface area contributed by atoms with Gasteiger partial charge >= 0.3 is 35.9 Å². The fourth-order valence-electron chi connectivity index (χ4n) is 21.0. The molecule has 1 heterocycles. The Balaban J connectivity index is 0.916. The predicted octanol–water partition coefficient (Wildman–Crippen LogP) is 15.1. The van der Waals surface area contributed by atoms with Gasteiger partial charge < -0.3 is 53.1 Å². The number of hydrogen-bond acceptors (Lipinski definition) is 17. The molecule has 19 atom stereocenters. The van der Waals surface area contributed by atoms with Gasteiger partial charge in [-0.25, -0.2) is 19.2 Å². The van der Waals surface area contributed by atoms with Crippen LogP contribution in [0.4, 0.5) is 4.79 Å². The summed E-state index contributed by atoms with van der Waals surface area (Å²) in [6.07, 6.45) is 8.22. The number of esters is 5. The summed E-state index contributed by atoms with van der Waals surface area (Å²) in [6.45, 7) is 32.5. The van der Waals surface area contributed by atoms with Gasteiger partial charge in [0.15, 0.2) is 11.4 Å². The fourth-order valence-corrected chi connectivity index (χ4v) is 21.0. The molecule has 1 aliphatic heterocycles. The van der Waals surface area contributed by atoms with Gasteiger partial charge in [0, 0.05) is 51.9 Å². The van der Waals surface area contributed by atoms with E-state index in [9.17, 15) is 29.1 Å². The molecule has 1 saturated heterocycles. The second-order valence-corrected chi connectivity index (χ2v) is 35.4. The molecule has 18 nitrogen and oxygen atoms in total. The molecule has 2 aromatic carbocycles. The van der Waals surface area contributed by atoms with Crippen LogP contribution in [0.15, 0.2) is 95.6 Å². The van der Waals surface area contributed by atoms with Crippen molar-refractivity contribution in [2.24, 2.45) is 73.9 Å². The molecule has 5 saturated carbocycles. The lowest BCUT2D eigenvalue weighted by Crippen LogP contribution is -2.82. The van der Waals surface area contributed by atoms with Crippen molar-refractivity contribution in [3.63, 3.8) is 0 Å². The highest BCUT2D eigenvalue weighted by molar-refractivity contribution is 5.94. The number of ether oxygens (including phenoxy) is 9. The molecule has 8 aliphatic rings. The number of amides is 1. The molecular formula is C83H117NO17. The van der Waals surface area contributed by atoms with Crippen molar-refractivity contribution in [3.8, 4) is 0 Å². The number of aliphatic hydroxyl groups is 1. The molecule has 6 fully saturated rings. The van der Waals surface area contributed by atoms with E-state index in [0.29, 0.717) is 28.4 Å². The SMILES string of the molecule is COC1C(=O)C2(C)C(OC)CC3OCC3(OC(C)=O)C2C(OC(=O)c2ccccc2)C2(O)CC(OC(=O)C(OC(=O)C=CC(C)(C)CC(C)(C)C(=O)OC3CCC4(C)C(=CCC5C4CCC4(C)C(C(C)CCCC(C)C)CCC54)C3)C(NC(=O)OC(C)(C)C)c3ccccc3)C(C)=C1C2(C)C. The zero-order valence-electron chi connectivity index (χ0n) is 63.8. The Morgan fingerprint density at radius 2 is 1.49 bits per heavy atom. The monoisotopic (exact) mass is 1400 g/mol. The van der Waals surface area contributed by atoms with Gasteiger partial charge in [0.2, 0.25) is 6.10 Å². The van der Waals surface area contributed by atoms with Crippen LogP contribution in [0.25, 0.3) is 0 Å². The van der Waals surface area contributed by atoms with Gasteiger partial charge in [0.25, 0.3) is 0 Å². The second-order valence-electron chi connectivity index (χ2n) is 35.4. The molecule has 18 heteroatoms. The molecule has 0 radical (unpaired) electrons. The van der Waals surface area contributed by atoms with Crippen LogP contribution in [-0.2, 0) is 66.6 Å². The van der Waals surface area contributed by atoms with E-state index in [-0.39, 0.29) is 48.1 Å². The molecule has 556 valence electrons. The maximum atomic E-state index is 16.1. The minimum Gasteiger partial charge on any atom is -0.462 e. The number of carbonyl (C=O) groups excluding carboxylic acids is 7. The first-order chi connectivity index (χ1) is 47.2. The van der Waals surface area contributed by atoms with E-state index in [1.54, 1.807) is 115 Å². The van der Waals surface area contributed by atoms with E-state index in [2.05, 4.69) is 46.0 Å². The zero-order chi connectivity index (χ0) is 74.0. The van der Waals surface area contributed by atoms with E-state index in [1.165, 1.54) is 77.7 Å². The van der Waals surface area contributed by atoms with Gasteiger partial charge in [-0.1, -0.05) is 148 Å². The number of allylic oxidation sites excluding steroid dienone is 2. The normalized spacial score (nSPS) is 34.5. The molecule has 2 bridgehead atoms. The lowest BCUT2D eigenvalue weighted by Gasteiger charge is -2.67. The van der Waals surface area contributed by atoms with Gasteiger partial charge in [-0.15, -0.1) is 0 Å². The van der Waals surface area contributed by atoms with Crippen LogP contribution < -0.4 is 5.32 Å². The van der Waals surface area contributed by atoms with Crippen molar-refractivity contribution in [3.05, 3.63) is 107 Å². The number of ketones is 1. The predicted molar refractivity (Wildman–Crippen MR) is 381 cm³/mol. The first-order valence-corrected chi connectivity index (χ1v) is 37.4. The van der Waals surface area contributed by atoms with Gasteiger partial charge in [-0.05, 0) is 180 Å². The number of carbonyl (C=O) groups is 7. The average Bonchev–Trinajstić information content (AvgIpc) is 1.14. The number of alkyl carbamates (subject to hydrolysis) is 1. The van der Waals surface area contributed by atoms with Gasteiger partial charge in [0.1, 0.15) is 47.8 Å². The highest BCUT2D eigenvalue weighted by Gasteiger charge is 2.78. The smallest absolute Gasteiger partial charge is 0.408 e. The van der Waals surface area contributed by atoms with E-state index < -0.39 is 129 Å². The second kappa shape index (κ2) is 29.0. The number of hydrogen-bond donors (Lipinski definition) is 2. The van der Waals surface area contributed by atoms with Gasteiger partial charge in [0.05, 0.1) is 35.0 Å². The summed E-state index contributed by atoms with van der Waals surface area (Å²) in [5, 5.41) is 17.1.